The Morgan fingerprint density at radius 1 is 1.35 bits per heavy atom. The first-order chi connectivity index (χ1) is 11.0. The van der Waals surface area contributed by atoms with Crippen molar-refractivity contribution >= 4 is 28.6 Å². The Labute approximate surface area is 137 Å². The van der Waals surface area contributed by atoms with Crippen LogP contribution in [0.2, 0.25) is 0 Å². The molecular weight excluding hydrogens is 314 g/mol. The molecule has 120 valence electrons. The van der Waals surface area contributed by atoms with Crippen LogP contribution in [0, 0.1) is 0 Å². The molecule has 2 rings (SSSR count). The van der Waals surface area contributed by atoms with E-state index in [1.165, 1.54) is 24.5 Å². The highest BCUT2D eigenvalue weighted by molar-refractivity contribution is 7.07. The summed E-state index contributed by atoms with van der Waals surface area (Å²) in [7, 11) is 1.53. The molecule has 7 nitrogen and oxygen atoms in total. The largest absolute Gasteiger partial charge is 0.495 e. The van der Waals surface area contributed by atoms with Gasteiger partial charge in [-0.2, -0.15) is 0 Å². The molecule has 0 aliphatic heterocycles. The first kappa shape index (κ1) is 16.4. The van der Waals surface area contributed by atoms with Crippen molar-refractivity contribution < 1.29 is 9.53 Å². The van der Waals surface area contributed by atoms with E-state index in [1.807, 2.05) is 0 Å². The predicted molar refractivity (Wildman–Crippen MR) is 91.4 cm³/mol. The molecule has 23 heavy (non-hydrogen) atoms. The molecule has 0 aliphatic rings. The average Bonchev–Trinajstić information content (AvgIpc) is 3.07. The molecule has 0 saturated carbocycles. The van der Waals surface area contributed by atoms with Gasteiger partial charge in [0.05, 0.1) is 18.3 Å². The van der Waals surface area contributed by atoms with Gasteiger partial charge in [-0.05, 0) is 24.3 Å². The summed E-state index contributed by atoms with van der Waals surface area (Å²) < 4.78 is 5.14. The fraction of sp³-hybridized carbons (Fsp3) is 0.0667. The molecule has 0 atom stereocenters. The average molecular weight is 331 g/mol. The molecule has 0 saturated heterocycles. The van der Waals surface area contributed by atoms with Gasteiger partial charge in [0.15, 0.2) is 0 Å². The van der Waals surface area contributed by atoms with Gasteiger partial charge in [0.25, 0.3) is 5.91 Å². The number of hydrogen-bond donors (Lipinski definition) is 4. The lowest BCUT2D eigenvalue weighted by Crippen LogP contribution is -2.27. The Morgan fingerprint density at radius 3 is 2.78 bits per heavy atom. The van der Waals surface area contributed by atoms with Crippen LogP contribution in [-0.4, -0.2) is 18.0 Å². The zero-order valence-electron chi connectivity index (χ0n) is 12.4. The highest BCUT2D eigenvalue weighted by Gasteiger charge is 2.07. The molecule has 1 aromatic heterocycles. The molecule has 0 aliphatic carbocycles. The second-order valence-corrected chi connectivity index (χ2v) is 5.25. The fourth-order valence-corrected chi connectivity index (χ4v) is 2.26. The third-order valence-corrected chi connectivity index (χ3v) is 3.52. The highest BCUT2D eigenvalue weighted by Crippen LogP contribution is 2.24. The molecule has 1 amide bonds. The maximum absolute atomic E-state index is 11.8. The number of amides is 1. The normalized spacial score (nSPS) is 12.0. The summed E-state index contributed by atoms with van der Waals surface area (Å²) in [4.78, 5) is 15.7. The quantitative estimate of drug-likeness (QED) is 0.482. The lowest BCUT2D eigenvalue weighted by molar-refractivity contribution is 0.0961. The van der Waals surface area contributed by atoms with E-state index in [1.54, 1.807) is 35.2 Å². The molecule has 8 heteroatoms. The molecule has 1 aromatic carbocycles. The van der Waals surface area contributed by atoms with E-state index in [0.29, 0.717) is 22.8 Å². The van der Waals surface area contributed by atoms with Gasteiger partial charge < -0.3 is 27.3 Å². The Kier molecular flexibility index (Phi) is 5.21. The number of nitrogen functional groups attached to an aromatic ring is 1. The minimum Gasteiger partial charge on any atom is -0.495 e. The summed E-state index contributed by atoms with van der Waals surface area (Å²) in [6.07, 6.45) is 3.09. The number of thiazole rings is 1. The van der Waals surface area contributed by atoms with Crippen molar-refractivity contribution in [2.75, 3.05) is 12.8 Å². The number of anilines is 1. The van der Waals surface area contributed by atoms with Gasteiger partial charge in [-0.15, -0.1) is 11.3 Å². The molecule has 0 radical (unpaired) electrons. The van der Waals surface area contributed by atoms with Gasteiger partial charge in [0.1, 0.15) is 17.3 Å². The van der Waals surface area contributed by atoms with Crippen LogP contribution in [0.1, 0.15) is 16.1 Å². The number of rotatable bonds is 5. The van der Waals surface area contributed by atoms with E-state index in [0.717, 1.165) is 5.56 Å². The van der Waals surface area contributed by atoms with E-state index in [-0.39, 0.29) is 11.7 Å². The third-order valence-electron chi connectivity index (χ3n) is 2.93. The van der Waals surface area contributed by atoms with Crippen LogP contribution in [0.4, 0.5) is 5.69 Å². The van der Waals surface area contributed by atoms with Crippen molar-refractivity contribution in [2.45, 2.75) is 0 Å². The Hall–Kier alpha value is -3.00. The van der Waals surface area contributed by atoms with Gasteiger partial charge in [0, 0.05) is 16.6 Å². The van der Waals surface area contributed by atoms with Crippen molar-refractivity contribution in [3.05, 3.63) is 58.3 Å². The predicted octanol–water partition coefficient (Wildman–Crippen LogP) is 1.26. The first-order valence-corrected chi connectivity index (χ1v) is 7.52. The van der Waals surface area contributed by atoms with Gasteiger partial charge in [0.2, 0.25) is 0 Å². The van der Waals surface area contributed by atoms with E-state index < -0.39 is 0 Å². The van der Waals surface area contributed by atoms with Crippen molar-refractivity contribution in [1.82, 2.24) is 10.3 Å². The molecule has 0 spiro atoms. The first-order valence-electron chi connectivity index (χ1n) is 6.57. The molecule has 7 N–H and O–H groups in total. The van der Waals surface area contributed by atoms with Crippen molar-refractivity contribution in [1.29, 1.82) is 0 Å². The number of carbonyl (C=O) groups excluding carboxylic acids is 1. The SMILES string of the molecule is COc1cc(/C(N)=C/C=C(\N)NC(=O)c2cscn2)ccc1N. The summed E-state index contributed by atoms with van der Waals surface area (Å²) in [5.41, 5.74) is 21.1. The monoisotopic (exact) mass is 331 g/mol. The number of nitrogens with two attached hydrogens (primary N) is 3. The van der Waals surface area contributed by atoms with Crippen LogP contribution in [0.3, 0.4) is 0 Å². The number of carbonyl (C=O) groups is 1. The highest BCUT2D eigenvalue weighted by atomic mass is 32.1. The summed E-state index contributed by atoms with van der Waals surface area (Å²) in [6, 6.07) is 5.19. The van der Waals surface area contributed by atoms with Crippen LogP contribution in [0.25, 0.3) is 5.70 Å². The number of methoxy groups -OCH3 is 1. The van der Waals surface area contributed by atoms with Crippen LogP contribution in [0.5, 0.6) is 5.75 Å². The molecule has 0 fully saturated rings. The van der Waals surface area contributed by atoms with Crippen molar-refractivity contribution in [3.8, 4) is 5.75 Å². The van der Waals surface area contributed by atoms with Crippen molar-refractivity contribution in [2.24, 2.45) is 11.5 Å². The van der Waals surface area contributed by atoms with Crippen molar-refractivity contribution in [3.63, 3.8) is 0 Å². The lowest BCUT2D eigenvalue weighted by Gasteiger charge is -2.07. The maximum Gasteiger partial charge on any atom is 0.276 e. The summed E-state index contributed by atoms with van der Waals surface area (Å²) in [6.45, 7) is 0. The third kappa shape index (κ3) is 4.24. The minimum absolute atomic E-state index is 0.161. The van der Waals surface area contributed by atoms with Crippen LogP contribution >= 0.6 is 11.3 Å². The van der Waals surface area contributed by atoms with Crippen LogP contribution in [0.15, 0.2) is 47.1 Å². The van der Waals surface area contributed by atoms with E-state index in [2.05, 4.69) is 10.3 Å². The zero-order valence-corrected chi connectivity index (χ0v) is 13.3. The maximum atomic E-state index is 11.8. The zero-order chi connectivity index (χ0) is 16.8. The number of benzene rings is 1. The number of hydrogen-bond acceptors (Lipinski definition) is 7. The summed E-state index contributed by atoms with van der Waals surface area (Å²) in [5, 5.41) is 4.15. The standard InChI is InChI=1S/C15H17N5O2S/c1-22-13-6-9(2-3-11(13)17)10(16)4-5-14(18)20-15(21)12-7-23-8-19-12/h2-8H,16-18H2,1H3,(H,20,21)/b10-4-,14-5+. The van der Waals surface area contributed by atoms with Gasteiger partial charge in [-0.1, -0.05) is 6.07 Å². The fourth-order valence-electron chi connectivity index (χ4n) is 1.73. The van der Waals surface area contributed by atoms with Gasteiger partial charge in [-0.3, -0.25) is 4.79 Å². The second kappa shape index (κ2) is 7.32. The Balaban J connectivity index is 2.09. The minimum atomic E-state index is -0.374. The molecular formula is C15H17N5O2S. The van der Waals surface area contributed by atoms with E-state index in [4.69, 9.17) is 21.9 Å². The number of nitrogens with one attached hydrogen (secondary N) is 1. The van der Waals surface area contributed by atoms with Gasteiger partial charge in [-0.25, -0.2) is 4.98 Å². The number of aromatic nitrogens is 1. The van der Waals surface area contributed by atoms with Crippen LogP contribution in [-0.2, 0) is 0 Å². The smallest absolute Gasteiger partial charge is 0.276 e. The topological polar surface area (TPSA) is 129 Å². The lowest BCUT2D eigenvalue weighted by atomic mass is 10.1. The second-order valence-electron chi connectivity index (χ2n) is 4.53. The van der Waals surface area contributed by atoms with E-state index >= 15 is 0 Å². The van der Waals surface area contributed by atoms with E-state index in [9.17, 15) is 4.79 Å². The van der Waals surface area contributed by atoms with Crippen LogP contribution < -0.4 is 27.3 Å². The molecule has 1 heterocycles. The number of ether oxygens (including phenoxy) is 1. The Bertz CT molecular complexity index is 753. The Morgan fingerprint density at radius 2 is 2.13 bits per heavy atom. The number of allylic oxidation sites excluding steroid dienone is 2. The summed E-state index contributed by atoms with van der Waals surface area (Å²) in [5.74, 6) is 0.321. The number of nitrogens with zero attached hydrogens (tertiary/aromatic N) is 1. The molecule has 2 aromatic rings. The van der Waals surface area contributed by atoms with Gasteiger partial charge >= 0.3 is 0 Å². The molecule has 0 bridgehead atoms. The summed E-state index contributed by atoms with van der Waals surface area (Å²) >= 11 is 1.33. The molecule has 0 unspecified atom stereocenters.